The van der Waals surface area contributed by atoms with E-state index >= 15 is 0 Å². The lowest BCUT2D eigenvalue weighted by Gasteiger charge is -2.22. The number of carbonyl (C=O) groups excluding carboxylic acids is 2. The highest BCUT2D eigenvalue weighted by Crippen LogP contribution is 2.43. The van der Waals surface area contributed by atoms with E-state index < -0.39 is 11.9 Å². The predicted molar refractivity (Wildman–Crippen MR) is 71.0 cm³/mol. The zero-order valence-corrected chi connectivity index (χ0v) is 11.0. The highest BCUT2D eigenvalue weighted by Gasteiger charge is 2.57. The molecule has 2 bridgehead atoms. The van der Waals surface area contributed by atoms with Crippen LogP contribution in [-0.4, -0.2) is 28.9 Å². The van der Waals surface area contributed by atoms with E-state index in [2.05, 4.69) is 0 Å². The Balaban J connectivity index is 1.76. The molecule has 2 heterocycles. The molecular formula is C14H10ClFN2O2. The Labute approximate surface area is 119 Å². The van der Waals surface area contributed by atoms with Crippen LogP contribution in [0.3, 0.4) is 0 Å². The monoisotopic (exact) mass is 292 g/mol. The maximum atomic E-state index is 13.2. The van der Waals surface area contributed by atoms with Crippen LogP contribution < -0.4 is 4.90 Å². The summed E-state index contributed by atoms with van der Waals surface area (Å²) in [7, 11) is 0. The van der Waals surface area contributed by atoms with Gasteiger partial charge in [0.1, 0.15) is 11.9 Å². The van der Waals surface area contributed by atoms with Crippen LogP contribution in [-0.2, 0) is 4.79 Å². The van der Waals surface area contributed by atoms with Gasteiger partial charge in [-0.1, -0.05) is 23.8 Å². The van der Waals surface area contributed by atoms with Crippen LogP contribution in [0.4, 0.5) is 14.9 Å². The van der Waals surface area contributed by atoms with E-state index in [0.717, 1.165) is 17.4 Å². The molecule has 1 aliphatic carbocycles. The lowest BCUT2D eigenvalue weighted by atomic mass is 10.0. The van der Waals surface area contributed by atoms with Crippen molar-refractivity contribution in [2.45, 2.75) is 18.5 Å². The number of rotatable bonds is 1. The molecular weight excluding hydrogens is 283 g/mol. The van der Waals surface area contributed by atoms with Gasteiger partial charge in [0.2, 0.25) is 0 Å². The summed E-state index contributed by atoms with van der Waals surface area (Å²) in [4.78, 5) is 27.6. The highest BCUT2D eigenvalue weighted by atomic mass is 35.5. The molecule has 0 N–H and O–H groups in total. The van der Waals surface area contributed by atoms with Crippen LogP contribution in [0.25, 0.3) is 0 Å². The van der Waals surface area contributed by atoms with Gasteiger partial charge >= 0.3 is 6.03 Å². The van der Waals surface area contributed by atoms with Gasteiger partial charge in [-0.3, -0.25) is 4.79 Å². The quantitative estimate of drug-likeness (QED) is 0.589. The van der Waals surface area contributed by atoms with E-state index in [9.17, 15) is 14.0 Å². The molecule has 2 fully saturated rings. The van der Waals surface area contributed by atoms with Crippen LogP contribution in [0.15, 0.2) is 30.4 Å². The van der Waals surface area contributed by atoms with Crippen molar-refractivity contribution in [3.05, 3.63) is 41.2 Å². The first-order chi connectivity index (χ1) is 9.58. The van der Waals surface area contributed by atoms with Gasteiger partial charge in [-0.25, -0.2) is 14.1 Å². The number of carbonyl (C=O) groups is 2. The average molecular weight is 293 g/mol. The fraction of sp³-hybridized carbons (Fsp3) is 0.286. The van der Waals surface area contributed by atoms with E-state index in [-0.39, 0.29) is 28.9 Å². The number of nitrogens with zero attached hydrogens (tertiary/aromatic N) is 2. The largest absolute Gasteiger partial charge is 0.332 e. The van der Waals surface area contributed by atoms with E-state index in [0.29, 0.717) is 5.69 Å². The van der Waals surface area contributed by atoms with Gasteiger partial charge < -0.3 is 4.90 Å². The van der Waals surface area contributed by atoms with Crippen LogP contribution in [0.1, 0.15) is 6.42 Å². The number of halogens is 2. The lowest BCUT2D eigenvalue weighted by molar-refractivity contribution is -0.119. The molecule has 0 spiro atoms. The second-order valence-corrected chi connectivity index (χ2v) is 5.67. The van der Waals surface area contributed by atoms with Crippen molar-refractivity contribution in [3.63, 3.8) is 0 Å². The van der Waals surface area contributed by atoms with Crippen molar-refractivity contribution in [1.29, 1.82) is 0 Å². The van der Waals surface area contributed by atoms with Gasteiger partial charge in [0.05, 0.1) is 16.8 Å². The molecule has 0 saturated carbocycles. The van der Waals surface area contributed by atoms with Crippen LogP contribution in [0, 0.1) is 11.7 Å². The summed E-state index contributed by atoms with van der Waals surface area (Å²) < 4.78 is 13.2. The van der Waals surface area contributed by atoms with Gasteiger partial charge in [-0.15, -0.1) is 0 Å². The molecule has 6 heteroatoms. The van der Waals surface area contributed by atoms with Crippen LogP contribution in [0.2, 0.25) is 5.02 Å². The Morgan fingerprint density at radius 3 is 2.75 bits per heavy atom. The number of benzene rings is 1. The minimum Gasteiger partial charge on any atom is -0.305 e. The molecule has 1 aromatic carbocycles. The Morgan fingerprint density at radius 2 is 2.05 bits per heavy atom. The fourth-order valence-corrected chi connectivity index (χ4v) is 3.50. The first-order valence-electron chi connectivity index (χ1n) is 6.37. The number of fused-ring (bicyclic) bond motifs is 5. The van der Waals surface area contributed by atoms with Crippen molar-refractivity contribution in [2.75, 3.05) is 4.90 Å². The standard InChI is InChI=1S/C14H10ClFN2O2/c15-10-6-9(3-4-11(10)16)18-13(19)12-7-1-2-8(5-7)17(12)14(18)20/h1-4,6-8,12H,5H2/t7-,8+,12-/m1/s1. The number of anilines is 1. The molecule has 20 heavy (non-hydrogen) atoms. The third-order valence-corrected chi connectivity index (χ3v) is 4.49. The summed E-state index contributed by atoms with van der Waals surface area (Å²) >= 11 is 5.73. The number of imide groups is 1. The third kappa shape index (κ3) is 1.36. The minimum atomic E-state index is -0.572. The zero-order chi connectivity index (χ0) is 14.0. The van der Waals surface area contributed by atoms with Crippen molar-refractivity contribution in [1.82, 2.24) is 4.90 Å². The van der Waals surface area contributed by atoms with E-state index in [1.807, 2.05) is 12.2 Å². The second-order valence-electron chi connectivity index (χ2n) is 5.26. The molecule has 1 aromatic rings. The Hall–Kier alpha value is -1.88. The average Bonchev–Trinajstić information content (AvgIpc) is 3.08. The Kier molecular flexibility index (Phi) is 2.27. The normalized spacial score (nSPS) is 30.6. The molecule has 0 unspecified atom stereocenters. The molecule has 2 saturated heterocycles. The van der Waals surface area contributed by atoms with Crippen LogP contribution >= 0.6 is 11.6 Å². The molecule has 2 aliphatic heterocycles. The van der Waals surface area contributed by atoms with Crippen LogP contribution in [0.5, 0.6) is 0 Å². The van der Waals surface area contributed by atoms with Gasteiger partial charge in [0.25, 0.3) is 5.91 Å². The molecule has 3 atom stereocenters. The Bertz CT molecular complexity index is 645. The van der Waals surface area contributed by atoms with Crippen molar-refractivity contribution in [2.24, 2.45) is 5.92 Å². The van der Waals surface area contributed by atoms with E-state index in [1.54, 1.807) is 4.90 Å². The molecule has 3 amide bonds. The van der Waals surface area contributed by atoms with Crippen molar-refractivity contribution >= 4 is 29.2 Å². The van der Waals surface area contributed by atoms with Gasteiger partial charge in [0.15, 0.2) is 0 Å². The van der Waals surface area contributed by atoms with Crippen molar-refractivity contribution < 1.29 is 14.0 Å². The number of amides is 3. The second kappa shape index (κ2) is 3.82. The molecule has 4 nitrogen and oxygen atoms in total. The molecule has 0 radical (unpaired) electrons. The van der Waals surface area contributed by atoms with Gasteiger partial charge in [-0.05, 0) is 24.6 Å². The summed E-state index contributed by atoms with van der Waals surface area (Å²) in [6, 6.07) is 3.11. The molecule has 4 rings (SSSR count). The third-order valence-electron chi connectivity index (χ3n) is 4.20. The highest BCUT2D eigenvalue weighted by molar-refractivity contribution is 6.31. The zero-order valence-electron chi connectivity index (χ0n) is 10.3. The van der Waals surface area contributed by atoms with E-state index in [1.165, 1.54) is 12.1 Å². The lowest BCUT2D eigenvalue weighted by Crippen LogP contribution is -2.38. The number of hydrogen-bond acceptors (Lipinski definition) is 2. The molecule has 3 aliphatic rings. The molecule has 0 aromatic heterocycles. The topological polar surface area (TPSA) is 40.6 Å². The van der Waals surface area contributed by atoms with Gasteiger partial charge in [-0.2, -0.15) is 0 Å². The SMILES string of the molecule is O=C1[C@H]2[C@@H]3C=C[C@@H](C3)N2C(=O)N1c1ccc(F)c(Cl)c1. The maximum absolute atomic E-state index is 13.2. The first kappa shape index (κ1) is 11.9. The molecule has 102 valence electrons. The predicted octanol–water partition coefficient (Wildman–Crippen LogP) is 2.57. The van der Waals surface area contributed by atoms with Crippen molar-refractivity contribution in [3.8, 4) is 0 Å². The van der Waals surface area contributed by atoms with Gasteiger partial charge in [0, 0.05) is 5.92 Å². The number of urea groups is 1. The number of hydrogen-bond donors (Lipinski definition) is 0. The summed E-state index contributed by atoms with van der Waals surface area (Å²) in [5.41, 5.74) is 0.320. The summed E-state index contributed by atoms with van der Waals surface area (Å²) in [5.74, 6) is -0.733. The minimum absolute atomic E-state index is 0.00219. The smallest absolute Gasteiger partial charge is 0.305 e. The summed E-state index contributed by atoms with van der Waals surface area (Å²) in [6.07, 6.45) is 4.78. The fourth-order valence-electron chi connectivity index (χ4n) is 3.33. The first-order valence-corrected chi connectivity index (χ1v) is 6.75. The maximum Gasteiger partial charge on any atom is 0.332 e. The summed E-state index contributed by atoms with van der Waals surface area (Å²) in [5, 5.41) is -0.101. The summed E-state index contributed by atoms with van der Waals surface area (Å²) in [6.45, 7) is 0. The Morgan fingerprint density at radius 1 is 1.25 bits per heavy atom. The van der Waals surface area contributed by atoms with E-state index in [4.69, 9.17) is 11.6 Å².